The van der Waals surface area contributed by atoms with Crippen molar-refractivity contribution in [2.45, 2.75) is 33.0 Å². The molecule has 0 spiro atoms. The lowest BCUT2D eigenvalue weighted by atomic mass is 10.1. The lowest BCUT2D eigenvalue weighted by Gasteiger charge is -2.32. The van der Waals surface area contributed by atoms with E-state index in [0.29, 0.717) is 0 Å². The Labute approximate surface area is 105 Å². The predicted octanol–water partition coefficient (Wildman–Crippen LogP) is 0.948. The highest BCUT2D eigenvalue weighted by atomic mass is 16.7. The zero-order valence-corrected chi connectivity index (χ0v) is 10.6. The lowest BCUT2D eigenvalue weighted by Crippen LogP contribution is -2.46. The smallest absolute Gasteiger partial charge is 0.333 e. The average Bonchev–Trinajstić information content (AvgIpc) is 2.19. The number of hydrogen-bond donors (Lipinski definition) is 0. The molecule has 1 aliphatic rings. The highest BCUT2D eigenvalue weighted by Crippen LogP contribution is 2.24. The highest BCUT2D eigenvalue weighted by molar-refractivity contribution is 5.96. The summed E-state index contributed by atoms with van der Waals surface area (Å²) in [4.78, 5) is 34.2. The van der Waals surface area contributed by atoms with Crippen LogP contribution in [-0.4, -0.2) is 30.3 Å². The zero-order chi connectivity index (χ0) is 13.9. The molecule has 6 heteroatoms. The second-order valence-corrected chi connectivity index (χ2v) is 4.50. The van der Waals surface area contributed by atoms with Gasteiger partial charge in [0.2, 0.25) is 0 Å². The molecule has 0 N–H and O–H groups in total. The van der Waals surface area contributed by atoms with Crippen LogP contribution in [0, 0.1) is 5.92 Å². The minimum atomic E-state index is -1.24. The number of ether oxygens (including phenoxy) is 3. The van der Waals surface area contributed by atoms with Crippen molar-refractivity contribution >= 4 is 17.9 Å². The molecule has 0 radical (unpaired) electrons. The van der Waals surface area contributed by atoms with Gasteiger partial charge in [-0.15, -0.1) is 0 Å². The van der Waals surface area contributed by atoms with Crippen LogP contribution in [0.2, 0.25) is 0 Å². The third-order valence-electron chi connectivity index (χ3n) is 2.25. The maximum Gasteiger partial charge on any atom is 0.333 e. The predicted molar refractivity (Wildman–Crippen MR) is 60.1 cm³/mol. The fourth-order valence-electron chi connectivity index (χ4n) is 1.37. The van der Waals surface area contributed by atoms with Gasteiger partial charge in [-0.2, -0.15) is 0 Å². The van der Waals surface area contributed by atoms with E-state index in [1.54, 1.807) is 0 Å². The van der Waals surface area contributed by atoms with Gasteiger partial charge in [-0.25, -0.2) is 4.79 Å². The molecule has 0 amide bonds. The summed E-state index contributed by atoms with van der Waals surface area (Å²) in [6, 6.07) is 0. The maximum atomic E-state index is 11.5. The van der Waals surface area contributed by atoms with Gasteiger partial charge in [0.15, 0.2) is 5.92 Å². The molecule has 18 heavy (non-hydrogen) atoms. The molecule has 0 aromatic heterocycles. The molecule has 0 saturated carbocycles. The molecule has 1 rings (SSSR count). The topological polar surface area (TPSA) is 78.9 Å². The molecule has 0 aromatic carbocycles. The number of carbonyl (C=O) groups excluding carboxylic acids is 3. The quantitative estimate of drug-likeness (QED) is 0.423. The summed E-state index contributed by atoms with van der Waals surface area (Å²) in [5.41, 5.74) is 0.255. The van der Waals surface area contributed by atoms with Crippen molar-refractivity contribution < 1.29 is 28.6 Å². The number of carbonyl (C=O) groups is 3. The molecule has 1 saturated heterocycles. The summed E-state index contributed by atoms with van der Waals surface area (Å²) in [6.45, 7) is 7.80. The number of rotatable bonds is 4. The van der Waals surface area contributed by atoms with Crippen LogP contribution >= 0.6 is 0 Å². The summed E-state index contributed by atoms with van der Waals surface area (Å²) < 4.78 is 14.6. The van der Waals surface area contributed by atoms with Crippen LogP contribution in [0.1, 0.15) is 27.2 Å². The van der Waals surface area contributed by atoms with Crippen molar-refractivity contribution in [1.29, 1.82) is 0 Å². The van der Waals surface area contributed by atoms with Crippen molar-refractivity contribution in [2.24, 2.45) is 5.92 Å². The van der Waals surface area contributed by atoms with E-state index in [9.17, 15) is 14.4 Å². The van der Waals surface area contributed by atoms with Gasteiger partial charge in [-0.1, -0.05) is 6.58 Å². The van der Waals surface area contributed by atoms with Crippen LogP contribution in [0.25, 0.3) is 0 Å². The van der Waals surface area contributed by atoms with E-state index in [2.05, 4.69) is 6.58 Å². The van der Waals surface area contributed by atoms with E-state index in [0.717, 1.165) is 0 Å². The minimum absolute atomic E-state index is 0.0345. The molecular weight excluding hydrogens is 240 g/mol. The molecule has 0 aliphatic carbocycles. The van der Waals surface area contributed by atoms with Crippen LogP contribution in [0.15, 0.2) is 12.2 Å². The van der Waals surface area contributed by atoms with Crippen molar-refractivity contribution in [3.05, 3.63) is 12.2 Å². The first kappa shape index (κ1) is 14.2. The van der Waals surface area contributed by atoms with E-state index in [1.807, 2.05) is 0 Å². The molecule has 100 valence electrons. The summed E-state index contributed by atoms with van der Waals surface area (Å²) in [5, 5.41) is 0. The summed E-state index contributed by atoms with van der Waals surface area (Å²) >= 11 is 0. The fraction of sp³-hybridized carbons (Fsp3) is 0.583. The lowest BCUT2D eigenvalue weighted by molar-refractivity contribution is -0.240. The number of cyclic esters (lactones) is 2. The molecule has 0 aromatic rings. The molecule has 1 heterocycles. The molecule has 0 unspecified atom stereocenters. The van der Waals surface area contributed by atoms with Gasteiger partial charge in [-0.05, 0) is 6.92 Å². The first-order valence-corrected chi connectivity index (χ1v) is 5.51. The van der Waals surface area contributed by atoms with Gasteiger partial charge in [-0.3, -0.25) is 9.59 Å². The Morgan fingerprint density at radius 2 is 1.83 bits per heavy atom. The van der Waals surface area contributed by atoms with E-state index < -0.39 is 29.6 Å². The fourth-order valence-corrected chi connectivity index (χ4v) is 1.37. The standard InChI is InChI=1S/C12H16O6/c1-7(2)9(13)16-6-5-8-10(14)17-12(3,4)18-11(8)15/h8H,1,5-6H2,2-4H3. The third kappa shape index (κ3) is 3.58. The second kappa shape index (κ2) is 5.20. The van der Waals surface area contributed by atoms with Crippen LogP contribution in [0.5, 0.6) is 0 Å². The van der Waals surface area contributed by atoms with Gasteiger partial charge >= 0.3 is 17.9 Å². The Hall–Kier alpha value is -1.85. The van der Waals surface area contributed by atoms with Gasteiger partial charge in [0.1, 0.15) is 0 Å². The Morgan fingerprint density at radius 3 is 2.28 bits per heavy atom. The molecule has 1 aliphatic heterocycles. The van der Waals surface area contributed by atoms with Crippen molar-refractivity contribution in [1.82, 2.24) is 0 Å². The van der Waals surface area contributed by atoms with Crippen molar-refractivity contribution in [3.63, 3.8) is 0 Å². The highest BCUT2D eigenvalue weighted by Gasteiger charge is 2.42. The Bertz CT molecular complexity index is 375. The third-order valence-corrected chi connectivity index (χ3v) is 2.25. The summed E-state index contributed by atoms with van der Waals surface area (Å²) in [5.74, 6) is -4.17. The Morgan fingerprint density at radius 1 is 1.33 bits per heavy atom. The maximum absolute atomic E-state index is 11.5. The Kier molecular flexibility index (Phi) is 4.11. The van der Waals surface area contributed by atoms with E-state index >= 15 is 0 Å². The first-order chi connectivity index (χ1) is 8.23. The average molecular weight is 256 g/mol. The van der Waals surface area contributed by atoms with Crippen LogP contribution in [-0.2, 0) is 28.6 Å². The van der Waals surface area contributed by atoms with E-state index in [-0.39, 0.29) is 18.6 Å². The monoisotopic (exact) mass is 256 g/mol. The SMILES string of the molecule is C=C(C)C(=O)OCCC1C(=O)OC(C)(C)OC1=O. The normalized spacial score (nSPS) is 18.8. The largest absolute Gasteiger partial charge is 0.462 e. The summed E-state index contributed by atoms with van der Waals surface area (Å²) in [7, 11) is 0. The molecule has 6 nitrogen and oxygen atoms in total. The number of esters is 3. The van der Waals surface area contributed by atoms with Crippen molar-refractivity contribution in [3.8, 4) is 0 Å². The Balaban J connectivity index is 2.48. The van der Waals surface area contributed by atoms with Gasteiger partial charge in [0.25, 0.3) is 5.79 Å². The zero-order valence-electron chi connectivity index (χ0n) is 10.6. The van der Waals surface area contributed by atoms with E-state index in [1.165, 1.54) is 20.8 Å². The van der Waals surface area contributed by atoms with Crippen LogP contribution in [0.3, 0.4) is 0 Å². The molecule has 0 bridgehead atoms. The van der Waals surface area contributed by atoms with Crippen LogP contribution < -0.4 is 0 Å². The van der Waals surface area contributed by atoms with Crippen LogP contribution in [0.4, 0.5) is 0 Å². The van der Waals surface area contributed by atoms with Gasteiger partial charge in [0, 0.05) is 25.8 Å². The van der Waals surface area contributed by atoms with Gasteiger partial charge in [0.05, 0.1) is 6.61 Å². The minimum Gasteiger partial charge on any atom is -0.462 e. The molecule has 1 fully saturated rings. The summed E-state index contributed by atoms with van der Waals surface area (Å²) in [6.07, 6.45) is 0.0345. The molecular formula is C12H16O6. The second-order valence-electron chi connectivity index (χ2n) is 4.50. The first-order valence-electron chi connectivity index (χ1n) is 5.51. The van der Waals surface area contributed by atoms with Gasteiger partial charge < -0.3 is 14.2 Å². The molecule has 0 atom stereocenters. The van der Waals surface area contributed by atoms with Crippen molar-refractivity contribution in [2.75, 3.05) is 6.61 Å². The van der Waals surface area contributed by atoms with E-state index in [4.69, 9.17) is 14.2 Å². The number of hydrogen-bond acceptors (Lipinski definition) is 6.